The maximum Gasteiger partial charge on any atom is 0.338 e. The van der Waals surface area contributed by atoms with E-state index >= 15 is 0 Å². The lowest BCUT2D eigenvalue weighted by molar-refractivity contribution is 0.230. The average Bonchev–Trinajstić information content (AvgIpc) is 2.83. The molecular weight excluding hydrogens is 405 g/mol. The summed E-state index contributed by atoms with van der Waals surface area (Å²) in [7, 11) is -3.38. The highest BCUT2D eigenvalue weighted by molar-refractivity contribution is 14.1. The highest BCUT2D eigenvalue weighted by atomic mass is 127. The van der Waals surface area contributed by atoms with Crippen molar-refractivity contribution >= 4 is 35.5 Å². The van der Waals surface area contributed by atoms with Crippen LogP contribution in [0, 0.1) is 9.39 Å². The van der Waals surface area contributed by atoms with Gasteiger partial charge in [0.05, 0.1) is 13.2 Å². The Kier molecular flexibility index (Phi) is 5.66. The van der Waals surface area contributed by atoms with Crippen LogP contribution in [0.2, 0.25) is 0 Å². The molecule has 2 rings (SSSR count). The minimum absolute atomic E-state index is 0.293. The van der Waals surface area contributed by atoms with Gasteiger partial charge in [0.15, 0.2) is 0 Å². The standard InChI is InChI=1S/C15H16FIO3P/c1-3-19-21(18,20-4-2)15-13(9-10-14(15)17)11-5-7-12(16)8-6-11/h5-10H,3-4H2,1-2H3/q-1. The molecule has 0 fully saturated rings. The Labute approximate surface area is 137 Å². The quantitative estimate of drug-likeness (QED) is 0.385. The molecule has 0 aliphatic carbocycles. The van der Waals surface area contributed by atoms with Crippen molar-refractivity contribution in [3.63, 3.8) is 0 Å². The zero-order valence-corrected chi connectivity index (χ0v) is 14.9. The van der Waals surface area contributed by atoms with Crippen LogP contribution in [0.4, 0.5) is 4.39 Å². The second kappa shape index (κ2) is 7.09. The first-order chi connectivity index (χ1) is 10.0. The van der Waals surface area contributed by atoms with E-state index in [2.05, 4.69) is 22.6 Å². The predicted molar refractivity (Wildman–Crippen MR) is 90.6 cm³/mol. The van der Waals surface area contributed by atoms with Crippen molar-refractivity contribution in [2.24, 2.45) is 0 Å². The topological polar surface area (TPSA) is 35.5 Å². The van der Waals surface area contributed by atoms with E-state index in [1.54, 1.807) is 26.0 Å². The summed E-state index contributed by atoms with van der Waals surface area (Å²) in [5.74, 6) is -0.306. The van der Waals surface area contributed by atoms with Crippen LogP contribution in [-0.4, -0.2) is 13.2 Å². The molecule has 0 radical (unpaired) electrons. The van der Waals surface area contributed by atoms with Gasteiger partial charge < -0.3 is 9.05 Å². The van der Waals surface area contributed by atoms with E-state index in [0.717, 1.165) is 14.7 Å². The fourth-order valence-electron chi connectivity index (χ4n) is 2.09. The lowest BCUT2D eigenvalue weighted by Gasteiger charge is -2.23. The Morgan fingerprint density at radius 3 is 2.24 bits per heavy atom. The van der Waals surface area contributed by atoms with Crippen LogP contribution in [0.1, 0.15) is 13.8 Å². The molecule has 2 aromatic carbocycles. The third-order valence-corrected chi connectivity index (χ3v) is 6.46. The van der Waals surface area contributed by atoms with Crippen molar-refractivity contribution in [3.05, 3.63) is 45.8 Å². The molecule has 114 valence electrons. The smallest absolute Gasteiger partial charge is 0.307 e. The van der Waals surface area contributed by atoms with Crippen molar-refractivity contribution in [1.29, 1.82) is 0 Å². The lowest BCUT2D eigenvalue weighted by atomic mass is 10.1. The van der Waals surface area contributed by atoms with Gasteiger partial charge in [0.25, 0.3) is 0 Å². The van der Waals surface area contributed by atoms with Gasteiger partial charge in [-0.1, -0.05) is 21.3 Å². The first-order valence-corrected chi connectivity index (χ1v) is 9.24. The Bertz CT molecular complexity index is 641. The zero-order chi connectivity index (χ0) is 15.5. The molecule has 0 spiro atoms. The minimum Gasteiger partial charge on any atom is -0.307 e. The monoisotopic (exact) mass is 421 g/mol. The molecule has 0 unspecified atom stereocenters. The largest absolute Gasteiger partial charge is 0.338 e. The van der Waals surface area contributed by atoms with Crippen LogP contribution in [0.5, 0.6) is 0 Å². The van der Waals surface area contributed by atoms with Crippen LogP contribution in [0.15, 0.2) is 36.4 Å². The molecule has 0 aliphatic heterocycles. The maximum absolute atomic E-state index is 13.1. The van der Waals surface area contributed by atoms with Crippen LogP contribution in [0.3, 0.4) is 0 Å². The summed E-state index contributed by atoms with van der Waals surface area (Å²) in [6.07, 6.45) is 0. The van der Waals surface area contributed by atoms with Gasteiger partial charge in [-0.05, 0) is 31.3 Å². The SMILES string of the molecule is CCOP(=O)(OCC)c1c(-c2ccc(F)cc2)cc[c-]1I. The fraction of sp³-hybridized carbons (Fsp3) is 0.267. The Balaban J connectivity index is 2.55. The summed E-state index contributed by atoms with van der Waals surface area (Å²) in [4.78, 5) is 0. The molecule has 6 heteroatoms. The van der Waals surface area contributed by atoms with E-state index < -0.39 is 7.60 Å². The van der Waals surface area contributed by atoms with Crippen molar-refractivity contribution in [1.82, 2.24) is 0 Å². The minimum atomic E-state index is -3.38. The molecule has 0 N–H and O–H groups in total. The molecule has 0 bridgehead atoms. The lowest BCUT2D eigenvalue weighted by Crippen LogP contribution is -2.14. The summed E-state index contributed by atoms with van der Waals surface area (Å²) in [6.45, 7) is 4.14. The highest BCUT2D eigenvalue weighted by Gasteiger charge is 2.27. The summed E-state index contributed by atoms with van der Waals surface area (Å²) in [5, 5.41) is 0.554. The van der Waals surface area contributed by atoms with Crippen molar-refractivity contribution < 1.29 is 18.0 Å². The number of halogens is 2. The molecular formula is C15H16FIO3P-. The van der Waals surface area contributed by atoms with Gasteiger partial charge in [-0.2, -0.15) is 11.6 Å². The summed E-state index contributed by atoms with van der Waals surface area (Å²) in [6, 6.07) is 9.80. The maximum atomic E-state index is 13.1. The van der Waals surface area contributed by atoms with E-state index in [-0.39, 0.29) is 5.82 Å². The van der Waals surface area contributed by atoms with Crippen molar-refractivity contribution in [2.45, 2.75) is 13.8 Å². The second-order valence-corrected chi connectivity index (χ2v) is 7.40. The van der Waals surface area contributed by atoms with Gasteiger partial charge in [-0.3, -0.25) is 4.57 Å². The molecule has 0 saturated heterocycles. The molecule has 0 aliphatic rings. The molecule has 0 amide bonds. The van der Waals surface area contributed by atoms with Gasteiger partial charge in [0.2, 0.25) is 0 Å². The normalized spacial score (nSPS) is 11.8. The highest BCUT2D eigenvalue weighted by Crippen LogP contribution is 2.50. The van der Waals surface area contributed by atoms with Gasteiger partial charge in [0, 0.05) is 0 Å². The van der Waals surface area contributed by atoms with E-state index in [9.17, 15) is 8.96 Å². The number of rotatable bonds is 6. The molecule has 0 atom stereocenters. The second-order valence-electron chi connectivity index (χ2n) is 4.28. The molecule has 2 aromatic rings. The Morgan fingerprint density at radius 1 is 1.14 bits per heavy atom. The van der Waals surface area contributed by atoms with E-state index in [1.807, 2.05) is 12.1 Å². The van der Waals surface area contributed by atoms with Crippen LogP contribution in [0.25, 0.3) is 11.1 Å². The zero-order valence-electron chi connectivity index (χ0n) is 11.8. The van der Waals surface area contributed by atoms with E-state index in [0.29, 0.717) is 18.5 Å². The number of hydrogen-bond donors (Lipinski definition) is 0. The summed E-state index contributed by atoms with van der Waals surface area (Å²) < 4.78 is 37.8. The van der Waals surface area contributed by atoms with E-state index in [4.69, 9.17) is 9.05 Å². The third-order valence-electron chi connectivity index (χ3n) is 2.90. The Hall–Kier alpha value is -0.620. The van der Waals surface area contributed by atoms with Crippen LogP contribution < -0.4 is 5.30 Å². The molecule has 21 heavy (non-hydrogen) atoms. The first-order valence-electron chi connectivity index (χ1n) is 6.62. The van der Waals surface area contributed by atoms with Crippen molar-refractivity contribution in [2.75, 3.05) is 13.2 Å². The Morgan fingerprint density at radius 2 is 1.71 bits per heavy atom. The van der Waals surface area contributed by atoms with Gasteiger partial charge in [0.1, 0.15) is 5.82 Å². The number of hydrogen-bond acceptors (Lipinski definition) is 3. The fourth-order valence-corrected chi connectivity index (χ4v) is 5.29. The number of benzene rings is 1. The summed E-state index contributed by atoms with van der Waals surface area (Å²) in [5.41, 5.74) is 1.54. The van der Waals surface area contributed by atoms with Crippen LogP contribution in [-0.2, 0) is 13.6 Å². The van der Waals surface area contributed by atoms with Crippen LogP contribution >= 0.6 is 30.2 Å². The van der Waals surface area contributed by atoms with E-state index in [1.165, 1.54) is 12.1 Å². The van der Waals surface area contributed by atoms with Gasteiger partial charge >= 0.3 is 7.60 Å². The van der Waals surface area contributed by atoms with Gasteiger partial charge in [-0.25, -0.2) is 10.5 Å². The average molecular weight is 421 g/mol. The third kappa shape index (κ3) is 3.59. The first kappa shape index (κ1) is 16.7. The summed E-state index contributed by atoms with van der Waals surface area (Å²) >= 11 is 2.11. The van der Waals surface area contributed by atoms with Crippen molar-refractivity contribution in [3.8, 4) is 11.1 Å². The van der Waals surface area contributed by atoms with Gasteiger partial charge in [-0.15, -0.1) is 22.6 Å². The molecule has 3 nitrogen and oxygen atoms in total. The molecule has 0 saturated carbocycles. The molecule has 0 heterocycles. The molecule has 0 aromatic heterocycles. The predicted octanol–water partition coefficient (Wildman–Crippen LogP) is 4.71.